The number of likely N-dealkylation sites (N-methyl/N-ethyl adjacent to an activating group) is 1. The van der Waals surface area contributed by atoms with E-state index in [4.69, 9.17) is 4.74 Å². The van der Waals surface area contributed by atoms with Crippen LogP contribution in [0.1, 0.15) is 33.3 Å². The van der Waals surface area contributed by atoms with Gasteiger partial charge in [0.05, 0.1) is 18.2 Å². The van der Waals surface area contributed by atoms with Crippen LogP contribution >= 0.6 is 11.3 Å². The summed E-state index contributed by atoms with van der Waals surface area (Å²) in [6.07, 6.45) is 0.361. The third-order valence-corrected chi connectivity index (χ3v) is 4.83. The number of hydrogen-bond donors (Lipinski definition) is 0. The molecule has 5 heteroatoms. The van der Waals surface area contributed by atoms with E-state index in [9.17, 15) is 4.79 Å². The second-order valence-corrected chi connectivity index (χ2v) is 7.51. The van der Waals surface area contributed by atoms with Gasteiger partial charge in [-0.05, 0) is 42.2 Å². The van der Waals surface area contributed by atoms with Crippen LogP contribution in [0.3, 0.4) is 0 Å². The molecule has 22 heavy (non-hydrogen) atoms. The van der Waals surface area contributed by atoms with Crippen LogP contribution < -0.4 is 0 Å². The van der Waals surface area contributed by atoms with Crippen molar-refractivity contribution in [3.05, 3.63) is 22.4 Å². The van der Waals surface area contributed by atoms with Crippen molar-refractivity contribution in [3.8, 4) is 0 Å². The molecule has 3 atom stereocenters. The van der Waals surface area contributed by atoms with Crippen molar-refractivity contribution in [1.29, 1.82) is 0 Å². The minimum atomic E-state index is -0.0718. The molecule has 124 valence electrons. The first kappa shape index (κ1) is 17.4. The predicted octanol–water partition coefficient (Wildman–Crippen LogP) is 2.84. The van der Waals surface area contributed by atoms with Crippen molar-refractivity contribution in [3.63, 3.8) is 0 Å². The van der Waals surface area contributed by atoms with Gasteiger partial charge in [-0.2, -0.15) is 11.3 Å². The number of morpholine rings is 1. The summed E-state index contributed by atoms with van der Waals surface area (Å²) < 4.78 is 5.81. The van der Waals surface area contributed by atoms with Crippen molar-refractivity contribution in [1.82, 2.24) is 9.80 Å². The van der Waals surface area contributed by atoms with Gasteiger partial charge in [-0.1, -0.05) is 13.8 Å². The summed E-state index contributed by atoms with van der Waals surface area (Å²) in [4.78, 5) is 17.1. The number of thiophene rings is 1. The highest BCUT2D eigenvalue weighted by Gasteiger charge is 2.35. The molecule has 1 amide bonds. The van der Waals surface area contributed by atoms with Gasteiger partial charge in [0.1, 0.15) is 0 Å². The fourth-order valence-corrected chi connectivity index (χ4v) is 3.93. The highest BCUT2D eigenvalue weighted by molar-refractivity contribution is 7.07. The number of carbonyl (C=O) groups is 1. The van der Waals surface area contributed by atoms with Gasteiger partial charge in [0.2, 0.25) is 5.91 Å². The summed E-state index contributed by atoms with van der Waals surface area (Å²) in [7, 11) is 1.91. The zero-order valence-electron chi connectivity index (χ0n) is 14.3. The molecule has 1 fully saturated rings. The molecule has 0 aromatic carbocycles. The Hall–Kier alpha value is -0.910. The normalized spacial score (nSPS) is 24.5. The summed E-state index contributed by atoms with van der Waals surface area (Å²) in [5, 5.41) is 4.16. The van der Waals surface area contributed by atoms with Crippen molar-refractivity contribution in [2.75, 3.05) is 20.1 Å². The molecule has 2 rings (SSSR count). The molecule has 1 aromatic heterocycles. The Kier molecular flexibility index (Phi) is 6.01. The van der Waals surface area contributed by atoms with E-state index < -0.39 is 0 Å². The molecule has 4 nitrogen and oxygen atoms in total. The molecule has 3 unspecified atom stereocenters. The molecular formula is C17H28N2O2S. The number of rotatable bonds is 5. The van der Waals surface area contributed by atoms with Gasteiger partial charge >= 0.3 is 0 Å². The van der Waals surface area contributed by atoms with E-state index >= 15 is 0 Å². The molecule has 2 heterocycles. The Balaban J connectivity index is 2.07. The topological polar surface area (TPSA) is 32.8 Å². The first-order chi connectivity index (χ1) is 10.4. The Bertz CT molecular complexity index is 465. The lowest BCUT2D eigenvalue weighted by atomic mass is 9.99. The van der Waals surface area contributed by atoms with Crippen molar-refractivity contribution in [2.24, 2.45) is 5.92 Å². The van der Waals surface area contributed by atoms with Crippen LogP contribution in [-0.2, 0) is 16.1 Å². The summed E-state index contributed by atoms with van der Waals surface area (Å²) >= 11 is 1.67. The Morgan fingerprint density at radius 2 is 2.05 bits per heavy atom. The summed E-state index contributed by atoms with van der Waals surface area (Å²) in [5.74, 6) is 0.498. The van der Waals surface area contributed by atoms with E-state index in [0.29, 0.717) is 6.54 Å². The van der Waals surface area contributed by atoms with E-state index in [1.807, 2.05) is 11.9 Å². The largest absolute Gasteiger partial charge is 0.373 e. The summed E-state index contributed by atoms with van der Waals surface area (Å²) in [6.45, 7) is 10.8. The van der Waals surface area contributed by atoms with Crippen LogP contribution in [0.5, 0.6) is 0 Å². The van der Waals surface area contributed by atoms with Gasteiger partial charge in [-0.15, -0.1) is 0 Å². The first-order valence-corrected chi connectivity index (χ1v) is 8.98. The lowest BCUT2D eigenvalue weighted by Crippen LogP contribution is -2.57. The van der Waals surface area contributed by atoms with Gasteiger partial charge in [0.15, 0.2) is 0 Å². The Labute approximate surface area is 138 Å². The fraction of sp³-hybridized carbons (Fsp3) is 0.706. The highest BCUT2D eigenvalue weighted by atomic mass is 32.1. The number of carbonyl (C=O) groups excluding carboxylic acids is 1. The third-order valence-electron chi connectivity index (χ3n) is 4.10. The zero-order valence-corrected chi connectivity index (χ0v) is 15.1. The van der Waals surface area contributed by atoms with E-state index in [1.165, 1.54) is 5.56 Å². The maximum Gasteiger partial charge on any atom is 0.240 e. The summed E-state index contributed by atoms with van der Waals surface area (Å²) in [5.41, 5.74) is 1.20. The Morgan fingerprint density at radius 1 is 1.41 bits per heavy atom. The highest BCUT2D eigenvalue weighted by Crippen LogP contribution is 2.21. The molecule has 1 saturated heterocycles. The molecule has 1 aliphatic rings. The third kappa shape index (κ3) is 4.31. The molecular weight excluding hydrogens is 296 g/mol. The van der Waals surface area contributed by atoms with E-state index in [0.717, 1.165) is 13.1 Å². The zero-order chi connectivity index (χ0) is 16.3. The SMILES string of the molecule is CC1CN(C(C(=O)N(C)Cc2ccsc2)C(C)C)CC(C)O1. The summed E-state index contributed by atoms with van der Waals surface area (Å²) in [6, 6.07) is 2.01. The van der Waals surface area contributed by atoms with Crippen molar-refractivity contribution >= 4 is 17.2 Å². The van der Waals surface area contributed by atoms with Crippen LogP contribution in [0, 0.1) is 5.92 Å². The smallest absolute Gasteiger partial charge is 0.240 e. The molecule has 1 aromatic rings. The molecule has 1 aliphatic heterocycles. The average Bonchev–Trinajstić information content (AvgIpc) is 2.90. The first-order valence-electron chi connectivity index (χ1n) is 8.04. The van der Waals surface area contributed by atoms with Crippen molar-refractivity contribution in [2.45, 2.75) is 52.5 Å². The van der Waals surface area contributed by atoms with Gasteiger partial charge in [-0.25, -0.2) is 0 Å². The lowest BCUT2D eigenvalue weighted by molar-refractivity contribution is -0.144. The van der Waals surface area contributed by atoms with Crippen LogP contribution in [0.2, 0.25) is 0 Å². The molecule has 0 N–H and O–H groups in total. The van der Waals surface area contributed by atoms with Gasteiger partial charge < -0.3 is 9.64 Å². The second kappa shape index (κ2) is 7.57. The minimum absolute atomic E-state index is 0.0718. The van der Waals surface area contributed by atoms with Crippen LogP contribution in [0.4, 0.5) is 0 Å². The Morgan fingerprint density at radius 3 is 2.55 bits per heavy atom. The molecule has 0 bridgehead atoms. The van der Waals surface area contributed by atoms with Crippen LogP contribution in [0.15, 0.2) is 16.8 Å². The lowest BCUT2D eigenvalue weighted by Gasteiger charge is -2.42. The minimum Gasteiger partial charge on any atom is -0.373 e. The molecule has 0 spiro atoms. The maximum absolute atomic E-state index is 13.0. The average molecular weight is 324 g/mol. The van der Waals surface area contributed by atoms with Crippen LogP contribution in [0.25, 0.3) is 0 Å². The molecule has 0 saturated carbocycles. The number of amides is 1. The number of ether oxygens (including phenoxy) is 1. The van der Waals surface area contributed by atoms with Gasteiger partial charge in [0, 0.05) is 26.7 Å². The number of nitrogens with zero attached hydrogens (tertiary/aromatic N) is 2. The van der Waals surface area contributed by atoms with Gasteiger partial charge in [-0.3, -0.25) is 9.69 Å². The van der Waals surface area contributed by atoms with E-state index in [-0.39, 0.29) is 30.1 Å². The van der Waals surface area contributed by atoms with E-state index in [1.54, 1.807) is 11.3 Å². The molecule has 0 radical (unpaired) electrons. The monoisotopic (exact) mass is 324 g/mol. The fourth-order valence-electron chi connectivity index (χ4n) is 3.27. The maximum atomic E-state index is 13.0. The van der Waals surface area contributed by atoms with Crippen molar-refractivity contribution < 1.29 is 9.53 Å². The second-order valence-electron chi connectivity index (χ2n) is 6.73. The quantitative estimate of drug-likeness (QED) is 0.835. The predicted molar refractivity (Wildman–Crippen MR) is 91.0 cm³/mol. The standard InChI is InChI=1S/C17H28N2O2S/c1-12(2)16(19-8-13(3)21-14(4)9-19)17(20)18(5)10-15-6-7-22-11-15/h6-7,11-14,16H,8-10H2,1-5H3. The number of hydrogen-bond acceptors (Lipinski definition) is 4. The van der Waals surface area contributed by atoms with E-state index in [2.05, 4.69) is 49.4 Å². The van der Waals surface area contributed by atoms with Crippen LogP contribution in [-0.4, -0.2) is 54.1 Å². The molecule has 0 aliphatic carbocycles. The van der Waals surface area contributed by atoms with Gasteiger partial charge in [0.25, 0.3) is 0 Å².